The molecule has 194 valence electrons. The van der Waals surface area contributed by atoms with Crippen molar-refractivity contribution in [2.75, 3.05) is 0 Å². The van der Waals surface area contributed by atoms with Crippen molar-refractivity contribution in [3.05, 3.63) is 127 Å². The van der Waals surface area contributed by atoms with E-state index in [1.54, 1.807) is 69.3 Å². The third kappa shape index (κ3) is 8.91. The van der Waals surface area contributed by atoms with Crippen molar-refractivity contribution in [3.63, 3.8) is 0 Å². The number of esters is 3. The molecule has 0 bridgehead atoms. The Bertz CT molecular complexity index is 1380. The summed E-state index contributed by atoms with van der Waals surface area (Å²) in [6.45, 7) is 23.0. The average molecular weight is 511 g/mol. The number of benzene rings is 2. The third-order valence-electron chi connectivity index (χ3n) is 4.83. The van der Waals surface area contributed by atoms with Crippen LogP contribution in [-0.4, -0.2) is 17.9 Å². The number of carbonyl (C=O) groups excluding carboxylic acids is 3. The summed E-state index contributed by atoms with van der Waals surface area (Å²) in [5, 5.41) is 0. The highest BCUT2D eigenvalue weighted by Crippen LogP contribution is 2.33. The van der Waals surface area contributed by atoms with Gasteiger partial charge in [-0.25, -0.2) is 14.4 Å². The quantitative estimate of drug-likeness (QED) is 0.106. The first-order chi connectivity index (χ1) is 17.9. The van der Waals surface area contributed by atoms with Gasteiger partial charge in [-0.05, 0) is 61.7 Å². The van der Waals surface area contributed by atoms with E-state index in [0.717, 1.165) is 11.1 Å². The van der Waals surface area contributed by atoms with Crippen molar-refractivity contribution >= 4 is 24.0 Å². The highest BCUT2D eigenvalue weighted by molar-refractivity contribution is 5.91. The summed E-state index contributed by atoms with van der Waals surface area (Å²) in [5.41, 5.74) is 3.58. The molecule has 0 aliphatic carbocycles. The van der Waals surface area contributed by atoms with E-state index in [4.69, 9.17) is 14.2 Å². The highest BCUT2D eigenvalue weighted by atomic mass is 16.5. The van der Waals surface area contributed by atoms with Crippen LogP contribution < -0.4 is 9.47 Å². The number of carbonyl (C=O) groups is 3. The molecule has 0 amide bonds. The summed E-state index contributed by atoms with van der Waals surface area (Å²) in [6.07, 6.45) is 6.70. The third-order valence-corrected chi connectivity index (χ3v) is 4.83. The summed E-state index contributed by atoms with van der Waals surface area (Å²) >= 11 is 0. The van der Waals surface area contributed by atoms with Crippen molar-refractivity contribution in [3.8, 4) is 22.6 Å². The lowest BCUT2D eigenvalue weighted by Crippen LogP contribution is -2.09. The zero-order chi connectivity index (χ0) is 28.4. The largest absolute Gasteiger partial charge is 0.424 e. The normalized spacial score (nSPS) is 10.6. The Morgan fingerprint density at radius 3 is 1.84 bits per heavy atom. The van der Waals surface area contributed by atoms with Crippen LogP contribution in [-0.2, 0) is 19.1 Å². The molecular weight excluding hydrogens is 480 g/mol. The predicted molar refractivity (Wildman–Crippen MR) is 150 cm³/mol. The Balaban J connectivity index is 2.27. The van der Waals surface area contributed by atoms with E-state index in [9.17, 15) is 14.4 Å². The maximum atomic E-state index is 12.3. The molecule has 2 aromatic carbocycles. The van der Waals surface area contributed by atoms with Gasteiger partial charge in [0, 0.05) is 22.3 Å². The zero-order valence-electron chi connectivity index (χ0n) is 21.8. The highest BCUT2D eigenvalue weighted by Gasteiger charge is 2.13. The minimum absolute atomic E-state index is 0.159. The fourth-order valence-corrected chi connectivity index (χ4v) is 2.75. The zero-order valence-corrected chi connectivity index (χ0v) is 21.8. The van der Waals surface area contributed by atoms with Gasteiger partial charge in [0.15, 0.2) is 0 Å². The van der Waals surface area contributed by atoms with Gasteiger partial charge in [-0.1, -0.05) is 75.4 Å². The lowest BCUT2D eigenvalue weighted by molar-refractivity contribution is -0.134. The lowest BCUT2D eigenvalue weighted by atomic mass is 10.0. The number of ether oxygens (including phenoxy) is 3. The second-order valence-electron chi connectivity index (χ2n) is 8.50. The van der Waals surface area contributed by atoms with Crippen molar-refractivity contribution < 1.29 is 28.6 Å². The van der Waals surface area contributed by atoms with Crippen LogP contribution >= 0.6 is 0 Å². The number of allylic oxidation sites excluding steroid dienone is 4. The van der Waals surface area contributed by atoms with Crippen LogP contribution in [0.2, 0.25) is 0 Å². The smallest absolute Gasteiger partial charge is 0.338 e. The number of hydrogen-bond acceptors (Lipinski definition) is 6. The second kappa shape index (κ2) is 13.4. The average Bonchev–Trinajstić information content (AvgIpc) is 2.86. The summed E-state index contributed by atoms with van der Waals surface area (Å²) in [4.78, 5) is 35.6. The summed E-state index contributed by atoms with van der Waals surface area (Å²) in [5.74, 6) is -0.779. The van der Waals surface area contributed by atoms with Crippen molar-refractivity contribution in [2.45, 2.75) is 20.8 Å². The minimum atomic E-state index is -0.561. The van der Waals surface area contributed by atoms with E-state index in [2.05, 4.69) is 32.9 Å². The molecule has 0 aliphatic rings. The SMILES string of the molecule is C=C(/C=C\C(=C)OC(=O)C(=C)C)/C=C/c1ccc(-c2ccc(OC(=O)C(=C)C)cc2)c(OC(=O)C(=C)C)c1. The first-order valence-corrected chi connectivity index (χ1v) is 11.5. The van der Waals surface area contributed by atoms with Crippen LogP contribution in [0.1, 0.15) is 26.3 Å². The fourth-order valence-electron chi connectivity index (χ4n) is 2.75. The number of rotatable bonds is 11. The van der Waals surface area contributed by atoms with Crippen LogP contribution in [0.5, 0.6) is 11.5 Å². The van der Waals surface area contributed by atoms with Crippen LogP contribution in [0, 0.1) is 0 Å². The number of hydrogen-bond donors (Lipinski definition) is 0. The van der Waals surface area contributed by atoms with E-state index in [1.165, 1.54) is 6.08 Å². The molecule has 0 aliphatic heterocycles. The molecule has 0 radical (unpaired) electrons. The van der Waals surface area contributed by atoms with Gasteiger partial charge in [0.25, 0.3) is 0 Å². The van der Waals surface area contributed by atoms with Crippen LogP contribution in [0.3, 0.4) is 0 Å². The van der Waals surface area contributed by atoms with Crippen molar-refractivity contribution in [2.24, 2.45) is 0 Å². The molecule has 0 N–H and O–H groups in total. The van der Waals surface area contributed by atoms with E-state index < -0.39 is 17.9 Å². The molecule has 0 fully saturated rings. The Labute approximate surface area is 223 Å². The van der Waals surface area contributed by atoms with E-state index in [-0.39, 0.29) is 16.9 Å². The van der Waals surface area contributed by atoms with E-state index in [0.29, 0.717) is 28.2 Å². The first kappa shape index (κ1) is 29.3. The molecule has 38 heavy (non-hydrogen) atoms. The van der Waals surface area contributed by atoms with Crippen molar-refractivity contribution in [1.29, 1.82) is 0 Å². The molecule has 6 heteroatoms. The molecule has 2 rings (SSSR count). The fraction of sp³-hybridized carbons (Fsp3) is 0.0938. The Kier molecular flexibility index (Phi) is 10.3. The monoisotopic (exact) mass is 510 g/mol. The molecule has 2 aromatic rings. The standard InChI is InChI=1S/C32H30O6/c1-20(2)30(33)36-24(8)11-9-23(7)10-12-25-13-18-28(29(19-25)38-32(35)22(5)6)26-14-16-27(17-15-26)37-31(34)21(3)4/h9-19H,1,3,5,7-8H2,2,4,6H3/b11-9-,12-10+. The molecule has 0 saturated heterocycles. The van der Waals surface area contributed by atoms with Crippen LogP contribution in [0.15, 0.2) is 122 Å². The molecule has 6 nitrogen and oxygen atoms in total. The lowest BCUT2D eigenvalue weighted by Gasteiger charge is -2.12. The first-order valence-electron chi connectivity index (χ1n) is 11.5. The van der Waals surface area contributed by atoms with Gasteiger partial charge in [-0.2, -0.15) is 0 Å². The van der Waals surface area contributed by atoms with Gasteiger partial charge in [0.1, 0.15) is 17.3 Å². The van der Waals surface area contributed by atoms with Gasteiger partial charge < -0.3 is 14.2 Å². The van der Waals surface area contributed by atoms with Gasteiger partial charge >= 0.3 is 17.9 Å². The van der Waals surface area contributed by atoms with E-state index in [1.807, 2.05) is 12.1 Å². The Morgan fingerprint density at radius 1 is 0.684 bits per heavy atom. The van der Waals surface area contributed by atoms with Gasteiger partial charge in [0.2, 0.25) is 0 Å². The van der Waals surface area contributed by atoms with Crippen molar-refractivity contribution in [1.82, 2.24) is 0 Å². The Morgan fingerprint density at radius 2 is 1.26 bits per heavy atom. The maximum absolute atomic E-state index is 12.3. The molecule has 0 heterocycles. The van der Waals surface area contributed by atoms with E-state index >= 15 is 0 Å². The summed E-state index contributed by atoms with van der Waals surface area (Å²) in [6, 6.07) is 12.2. The molecule has 0 aromatic heterocycles. The molecule has 0 spiro atoms. The topological polar surface area (TPSA) is 78.9 Å². The predicted octanol–water partition coefficient (Wildman–Crippen LogP) is 7.08. The van der Waals surface area contributed by atoms with Gasteiger partial charge in [-0.3, -0.25) is 0 Å². The minimum Gasteiger partial charge on any atom is -0.424 e. The van der Waals surface area contributed by atoms with Gasteiger partial charge in [-0.15, -0.1) is 0 Å². The molecular formula is C32H30O6. The van der Waals surface area contributed by atoms with Crippen LogP contribution in [0.25, 0.3) is 17.2 Å². The second-order valence-corrected chi connectivity index (χ2v) is 8.50. The molecule has 0 saturated carbocycles. The van der Waals surface area contributed by atoms with Gasteiger partial charge in [0.05, 0.1) is 0 Å². The molecule has 0 atom stereocenters. The summed E-state index contributed by atoms with van der Waals surface area (Å²) in [7, 11) is 0. The maximum Gasteiger partial charge on any atom is 0.338 e. The molecule has 0 unspecified atom stereocenters. The Hall–Kier alpha value is -4.97. The van der Waals surface area contributed by atoms with Crippen LogP contribution in [0.4, 0.5) is 0 Å². The summed E-state index contributed by atoms with van der Waals surface area (Å²) < 4.78 is 15.9.